The lowest BCUT2D eigenvalue weighted by molar-refractivity contribution is 0.232. The molecule has 0 aliphatic heterocycles. The molecule has 0 fully saturated rings. The molecule has 0 saturated carbocycles. The average Bonchev–Trinajstić information content (AvgIpc) is 3.40. The molecule has 1 aliphatic carbocycles. The number of ether oxygens (including phenoxy) is 2. The van der Waals surface area contributed by atoms with Crippen LogP contribution < -0.4 is 9.47 Å². The second kappa shape index (κ2) is 23.6. The molecular weight excluding hydrogens is 633 g/mol. The summed E-state index contributed by atoms with van der Waals surface area (Å²) in [6.45, 7) is 18.5. The van der Waals surface area contributed by atoms with Crippen LogP contribution >= 0.6 is 0 Å². The van der Waals surface area contributed by atoms with E-state index in [1.807, 2.05) is 13.0 Å². The van der Waals surface area contributed by atoms with Crippen molar-refractivity contribution < 1.29 is 9.47 Å². The summed E-state index contributed by atoms with van der Waals surface area (Å²) >= 11 is 0. The van der Waals surface area contributed by atoms with Crippen molar-refractivity contribution in [2.75, 3.05) is 13.7 Å². The van der Waals surface area contributed by atoms with Crippen LogP contribution in [0.25, 0.3) is 17.2 Å². The lowest BCUT2D eigenvalue weighted by Crippen LogP contribution is -2.25. The minimum absolute atomic E-state index is 0.234. The molecule has 0 N–H and O–H groups in total. The van der Waals surface area contributed by atoms with Crippen LogP contribution in [0, 0.1) is 26.7 Å². The van der Waals surface area contributed by atoms with Gasteiger partial charge in [0.2, 0.25) is 0 Å². The Labute approximate surface area is 321 Å². The van der Waals surface area contributed by atoms with Crippen LogP contribution in [0.1, 0.15) is 184 Å². The van der Waals surface area contributed by atoms with Crippen molar-refractivity contribution in [1.29, 1.82) is 0 Å². The van der Waals surface area contributed by atoms with Crippen molar-refractivity contribution in [3.05, 3.63) is 88.0 Å². The molecule has 0 heterocycles. The highest BCUT2D eigenvalue weighted by Gasteiger charge is 2.42. The van der Waals surface area contributed by atoms with E-state index in [2.05, 4.69) is 103 Å². The zero-order valence-corrected chi connectivity index (χ0v) is 35.1. The molecule has 4 rings (SSSR count). The van der Waals surface area contributed by atoms with Gasteiger partial charge in [-0.3, -0.25) is 0 Å². The van der Waals surface area contributed by atoms with E-state index in [0.717, 1.165) is 29.2 Å². The SMILES string of the molecule is C/C=C/c1cc(OC)c(C)cc1OCC(CC)CCCC.CCCCCCCCC1(CCCCCCCC)c2cc(C)ccc2-c2ccc(C)cc21. The van der Waals surface area contributed by atoms with Crippen LogP contribution in [0.3, 0.4) is 0 Å². The molecule has 288 valence electrons. The molecular formula is C50H76O2. The molecule has 3 aromatic carbocycles. The van der Waals surface area contributed by atoms with E-state index >= 15 is 0 Å². The molecule has 0 spiro atoms. The Hall–Kier alpha value is -3.00. The van der Waals surface area contributed by atoms with Crippen molar-refractivity contribution in [3.63, 3.8) is 0 Å². The van der Waals surface area contributed by atoms with Gasteiger partial charge < -0.3 is 9.47 Å². The maximum atomic E-state index is 6.11. The van der Waals surface area contributed by atoms with Gasteiger partial charge in [-0.15, -0.1) is 0 Å². The lowest BCUT2D eigenvalue weighted by atomic mass is 9.70. The summed E-state index contributed by atoms with van der Waals surface area (Å²) in [6, 6.07) is 18.6. The van der Waals surface area contributed by atoms with Crippen molar-refractivity contribution >= 4 is 6.08 Å². The number of benzene rings is 3. The van der Waals surface area contributed by atoms with E-state index in [4.69, 9.17) is 9.47 Å². The minimum Gasteiger partial charge on any atom is -0.496 e. The lowest BCUT2D eigenvalue weighted by Gasteiger charge is -2.33. The van der Waals surface area contributed by atoms with E-state index in [-0.39, 0.29) is 5.41 Å². The maximum absolute atomic E-state index is 6.11. The van der Waals surface area contributed by atoms with Crippen molar-refractivity contribution in [2.45, 2.75) is 176 Å². The summed E-state index contributed by atoms with van der Waals surface area (Å²) in [5.41, 5.74) is 11.6. The van der Waals surface area contributed by atoms with Gasteiger partial charge >= 0.3 is 0 Å². The first-order valence-electron chi connectivity index (χ1n) is 21.4. The van der Waals surface area contributed by atoms with Gasteiger partial charge in [-0.05, 0) is 92.8 Å². The van der Waals surface area contributed by atoms with Gasteiger partial charge in [0.15, 0.2) is 0 Å². The van der Waals surface area contributed by atoms with E-state index in [1.54, 1.807) is 18.2 Å². The van der Waals surface area contributed by atoms with Gasteiger partial charge in [0.05, 0.1) is 13.7 Å². The average molecular weight is 709 g/mol. The highest BCUT2D eigenvalue weighted by molar-refractivity contribution is 5.81. The number of methoxy groups -OCH3 is 1. The third kappa shape index (κ3) is 12.6. The Kier molecular flexibility index (Phi) is 19.7. The molecule has 1 atom stereocenters. The molecule has 2 nitrogen and oxygen atoms in total. The zero-order valence-electron chi connectivity index (χ0n) is 35.1. The quantitative estimate of drug-likeness (QED) is 0.0913. The van der Waals surface area contributed by atoms with Gasteiger partial charge in [0.25, 0.3) is 0 Å². The molecule has 1 unspecified atom stereocenters. The standard InChI is InChI=1S/C31H46.C19H30O2/c1-5-7-9-11-13-15-21-31(22-16-14-12-10-8-6-2)29-23-25(3)17-19-27(29)28-20-18-26(4)24-30(28)31;1-6-9-11-16(8-3)14-21-19-12-15(4)18(20-5)13-17(19)10-7-2/h17-20,23-24H,5-16,21-22H2,1-4H3;7,10,12-13,16H,6,8-9,11,14H2,1-5H3/b;10-7+. The molecule has 3 aromatic rings. The van der Waals surface area contributed by atoms with Crippen molar-refractivity contribution in [2.24, 2.45) is 5.92 Å². The summed E-state index contributed by atoms with van der Waals surface area (Å²) in [6.07, 6.45) is 28.3. The second-order valence-corrected chi connectivity index (χ2v) is 15.8. The van der Waals surface area contributed by atoms with E-state index < -0.39 is 0 Å². The van der Waals surface area contributed by atoms with Crippen LogP contribution in [0.2, 0.25) is 0 Å². The summed E-state index contributed by atoms with van der Waals surface area (Å²) in [5.74, 6) is 2.51. The van der Waals surface area contributed by atoms with Gasteiger partial charge in [-0.1, -0.05) is 184 Å². The predicted molar refractivity (Wildman–Crippen MR) is 229 cm³/mol. The molecule has 0 bridgehead atoms. The van der Waals surface area contributed by atoms with Gasteiger partial charge in [0.1, 0.15) is 11.5 Å². The summed E-state index contributed by atoms with van der Waals surface area (Å²) < 4.78 is 11.5. The number of hydrogen-bond acceptors (Lipinski definition) is 2. The molecule has 2 heteroatoms. The maximum Gasteiger partial charge on any atom is 0.127 e. The molecule has 0 saturated heterocycles. The van der Waals surface area contributed by atoms with Crippen LogP contribution in [0.5, 0.6) is 11.5 Å². The number of rotatable bonds is 23. The Morgan fingerprint density at radius 1 is 0.615 bits per heavy atom. The first-order chi connectivity index (χ1) is 25.3. The fourth-order valence-electron chi connectivity index (χ4n) is 8.24. The normalized spacial score (nSPS) is 13.4. The van der Waals surface area contributed by atoms with Crippen molar-refractivity contribution in [1.82, 2.24) is 0 Å². The molecule has 0 radical (unpaired) electrons. The first-order valence-corrected chi connectivity index (χ1v) is 21.4. The van der Waals surface area contributed by atoms with Crippen molar-refractivity contribution in [3.8, 4) is 22.6 Å². The zero-order chi connectivity index (χ0) is 37.8. The first kappa shape index (κ1) is 43.4. The topological polar surface area (TPSA) is 18.5 Å². The Balaban J connectivity index is 0.000000304. The largest absolute Gasteiger partial charge is 0.496 e. The number of aryl methyl sites for hydroxylation is 3. The second-order valence-electron chi connectivity index (χ2n) is 15.8. The summed E-state index contributed by atoms with van der Waals surface area (Å²) in [7, 11) is 1.71. The third-order valence-electron chi connectivity index (χ3n) is 11.5. The Bertz CT molecular complexity index is 1410. The van der Waals surface area contributed by atoms with Crippen LogP contribution in [0.15, 0.2) is 54.6 Å². The summed E-state index contributed by atoms with van der Waals surface area (Å²) in [4.78, 5) is 0. The van der Waals surface area contributed by atoms with Crippen LogP contribution in [-0.4, -0.2) is 13.7 Å². The predicted octanol–water partition coefficient (Wildman–Crippen LogP) is 15.7. The number of allylic oxidation sites excluding steroid dienone is 1. The fourth-order valence-corrected chi connectivity index (χ4v) is 8.24. The number of unbranched alkanes of at least 4 members (excludes halogenated alkanes) is 11. The fraction of sp³-hybridized carbons (Fsp3) is 0.600. The van der Waals surface area contributed by atoms with E-state index in [0.29, 0.717) is 5.92 Å². The molecule has 0 aromatic heterocycles. The Morgan fingerprint density at radius 2 is 1.13 bits per heavy atom. The number of fused-ring (bicyclic) bond motifs is 3. The summed E-state index contributed by atoms with van der Waals surface area (Å²) in [5, 5.41) is 0. The van der Waals surface area contributed by atoms with E-state index in [1.165, 1.54) is 138 Å². The highest BCUT2D eigenvalue weighted by atomic mass is 16.5. The smallest absolute Gasteiger partial charge is 0.127 e. The van der Waals surface area contributed by atoms with Gasteiger partial charge in [-0.25, -0.2) is 0 Å². The minimum atomic E-state index is 0.234. The number of hydrogen-bond donors (Lipinski definition) is 0. The van der Waals surface area contributed by atoms with Gasteiger partial charge in [0, 0.05) is 11.0 Å². The third-order valence-corrected chi connectivity index (χ3v) is 11.5. The monoisotopic (exact) mass is 709 g/mol. The van der Waals surface area contributed by atoms with Crippen LogP contribution in [0.4, 0.5) is 0 Å². The Morgan fingerprint density at radius 3 is 1.62 bits per heavy atom. The van der Waals surface area contributed by atoms with Crippen LogP contribution in [-0.2, 0) is 5.41 Å². The molecule has 52 heavy (non-hydrogen) atoms. The highest BCUT2D eigenvalue weighted by Crippen LogP contribution is 2.54. The molecule has 0 amide bonds. The van der Waals surface area contributed by atoms with Gasteiger partial charge in [-0.2, -0.15) is 0 Å². The molecule has 1 aliphatic rings. The van der Waals surface area contributed by atoms with E-state index in [9.17, 15) is 0 Å².